The molecule has 4 rings (SSSR count). The Hall–Kier alpha value is -3.07. The second-order valence-electron chi connectivity index (χ2n) is 9.54. The van der Waals surface area contributed by atoms with Gasteiger partial charge in [0.05, 0.1) is 43.4 Å². The molecule has 1 amide bonds. The van der Waals surface area contributed by atoms with Crippen LogP contribution in [0.15, 0.2) is 45.6 Å². The van der Waals surface area contributed by atoms with Crippen molar-refractivity contribution in [3.8, 4) is 0 Å². The number of nitrogens with zero attached hydrogens (tertiary/aromatic N) is 3. The summed E-state index contributed by atoms with van der Waals surface area (Å²) in [7, 11) is 1.39. The number of aryl methyl sites for hydroxylation is 2. The van der Waals surface area contributed by atoms with Gasteiger partial charge in [0, 0.05) is 18.8 Å². The largest absolute Gasteiger partial charge is 0.466 e. The Morgan fingerprint density at radius 2 is 1.86 bits per heavy atom. The number of amidine groups is 1. The lowest BCUT2D eigenvalue weighted by molar-refractivity contribution is -0.151. The Kier molecular flexibility index (Phi) is 8.42. The Balaban J connectivity index is 1.60. The number of carbonyl (C=O) groups is 3. The van der Waals surface area contributed by atoms with Crippen molar-refractivity contribution in [2.24, 2.45) is 10.9 Å². The zero-order valence-electron chi connectivity index (χ0n) is 22.2. The first-order valence-electron chi connectivity index (χ1n) is 12.9. The van der Waals surface area contributed by atoms with Gasteiger partial charge in [-0.3, -0.25) is 9.59 Å². The van der Waals surface area contributed by atoms with Gasteiger partial charge in [0.2, 0.25) is 5.91 Å². The Bertz CT molecular complexity index is 1180. The molecule has 198 valence electrons. The van der Waals surface area contributed by atoms with E-state index < -0.39 is 12.0 Å². The second kappa shape index (κ2) is 11.5. The molecule has 0 spiro atoms. The Labute approximate surface area is 222 Å². The van der Waals surface area contributed by atoms with E-state index in [-0.39, 0.29) is 24.2 Å². The fraction of sp³-hybridized carbons (Fsp3) is 0.500. The van der Waals surface area contributed by atoms with E-state index in [1.165, 1.54) is 18.9 Å². The van der Waals surface area contributed by atoms with E-state index >= 15 is 0 Å². The number of esters is 2. The number of hydrogen-bond acceptors (Lipinski definition) is 8. The summed E-state index contributed by atoms with van der Waals surface area (Å²) < 4.78 is 10.4. The number of rotatable bonds is 7. The van der Waals surface area contributed by atoms with Crippen LogP contribution in [0, 0.1) is 19.8 Å². The maximum atomic E-state index is 13.4. The molecule has 1 atom stereocenters. The molecular formula is C28H35N3O5S. The van der Waals surface area contributed by atoms with Crippen LogP contribution in [-0.2, 0) is 23.9 Å². The number of fused-ring (bicyclic) bond motifs is 1. The topological polar surface area (TPSA) is 88.5 Å². The van der Waals surface area contributed by atoms with Crippen LogP contribution in [0.2, 0.25) is 0 Å². The molecule has 3 aliphatic heterocycles. The van der Waals surface area contributed by atoms with E-state index in [0.717, 1.165) is 27.6 Å². The highest BCUT2D eigenvalue weighted by Gasteiger charge is 2.42. The summed E-state index contributed by atoms with van der Waals surface area (Å²) in [6.07, 6.45) is 1.99. The number of hydrogen-bond donors (Lipinski definition) is 0. The van der Waals surface area contributed by atoms with Crippen LogP contribution in [0.1, 0.15) is 62.3 Å². The minimum Gasteiger partial charge on any atom is -0.466 e. The standard InChI is InChI=1S/C28H35N3O5S/c1-6-22-24(27(34)35-5)25(21-9-8-17(3)14-18(21)4)31-20(16-37-28(31)29-22)15-23(32)30-12-10-19(11-13-30)26(33)36-7-2/h8-9,14,16,19,25H,6-7,10-13,15H2,1-5H3. The van der Waals surface area contributed by atoms with Crippen molar-refractivity contribution in [2.75, 3.05) is 26.8 Å². The third-order valence-electron chi connectivity index (χ3n) is 7.15. The molecule has 0 saturated carbocycles. The molecule has 0 radical (unpaired) electrons. The molecule has 3 aliphatic rings. The van der Waals surface area contributed by atoms with Crippen molar-refractivity contribution >= 4 is 34.8 Å². The SMILES string of the molecule is CCOC(=O)C1CCN(C(=O)CC2=CSC3=NC(CC)=C(C(=O)OC)C(c4ccc(C)cc4C)N23)CC1. The summed E-state index contributed by atoms with van der Waals surface area (Å²) in [6.45, 7) is 9.29. The van der Waals surface area contributed by atoms with Gasteiger partial charge in [-0.05, 0) is 56.6 Å². The smallest absolute Gasteiger partial charge is 0.338 e. The number of aliphatic imine (C=N–C) groups is 1. The van der Waals surface area contributed by atoms with E-state index in [1.807, 2.05) is 42.0 Å². The molecule has 9 heteroatoms. The first kappa shape index (κ1) is 27.0. The average molecular weight is 526 g/mol. The van der Waals surface area contributed by atoms with Crippen LogP contribution in [0.3, 0.4) is 0 Å². The van der Waals surface area contributed by atoms with E-state index in [9.17, 15) is 14.4 Å². The first-order valence-corrected chi connectivity index (χ1v) is 13.7. The number of allylic oxidation sites excluding steroid dienone is 1. The molecule has 1 aromatic rings. The van der Waals surface area contributed by atoms with Crippen LogP contribution in [-0.4, -0.2) is 59.6 Å². The summed E-state index contributed by atoms with van der Waals surface area (Å²) in [5, 5.41) is 2.73. The molecule has 1 fully saturated rings. The van der Waals surface area contributed by atoms with E-state index in [2.05, 4.69) is 12.1 Å². The first-order chi connectivity index (χ1) is 17.8. The van der Waals surface area contributed by atoms with Crippen molar-refractivity contribution in [1.82, 2.24) is 9.80 Å². The minimum absolute atomic E-state index is 0.000303. The quantitative estimate of drug-likeness (QED) is 0.480. The van der Waals surface area contributed by atoms with Crippen LogP contribution in [0.4, 0.5) is 0 Å². The summed E-state index contributed by atoms with van der Waals surface area (Å²) in [5.41, 5.74) is 5.21. The summed E-state index contributed by atoms with van der Waals surface area (Å²) >= 11 is 1.48. The van der Waals surface area contributed by atoms with E-state index in [0.29, 0.717) is 50.2 Å². The van der Waals surface area contributed by atoms with E-state index in [1.54, 1.807) is 6.92 Å². The third kappa shape index (κ3) is 5.46. The van der Waals surface area contributed by atoms with Crippen LogP contribution in [0.25, 0.3) is 0 Å². The zero-order valence-corrected chi connectivity index (χ0v) is 23.0. The van der Waals surface area contributed by atoms with Gasteiger partial charge in [0.15, 0.2) is 5.17 Å². The number of thioether (sulfide) groups is 1. The third-order valence-corrected chi connectivity index (χ3v) is 8.04. The summed E-state index contributed by atoms with van der Waals surface area (Å²) in [4.78, 5) is 47.2. The lowest BCUT2D eigenvalue weighted by Crippen LogP contribution is -2.42. The molecule has 0 aromatic heterocycles. The number of amides is 1. The van der Waals surface area contributed by atoms with E-state index in [4.69, 9.17) is 14.5 Å². The van der Waals surface area contributed by atoms with Gasteiger partial charge in [-0.25, -0.2) is 9.79 Å². The van der Waals surface area contributed by atoms with Gasteiger partial charge in [-0.2, -0.15) is 0 Å². The minimum atomic E-state index is -0.431. The van der Waals surface area contributed by atoms with Crippen LogP contribution < -0.4 is 0 Å². The number of piperidine rings is 1. The molecule has 1 unspecified atom stereocenters. The lowest BCUT2D eigenvalue weighted by atomic mass is 9.89. The molecule has 0 N–H and O–H groups in total. The van der Waals surface area contributed by atoms with Gasteiger partial charge >= 0.3 is 11.9 Å². The molecule has 0 bridgehead atoms. The number of likely N-dealkylation sites (tertiary alicyclic amines) is 1. The fourth-order valence-electron chi connectivity index (χ4n) is 5.23. The second-order valence-corrected chi connectivity index (χ2v) is 10.4. The fourth-order valence-corrected chi connectivity index (χ4v) is 6.17. The zero-order chi connectivity index (χ0) is 26.7. The van der Waals surface area contributed by atoms with Crippen LogP contribution in [0.5, 0.6) is 0 Å². The molecular weight excluding hydrogens is 490 g/mol. The van der Waals surface area contributed by atoms with Crippen molar-refractivity contribution in [3.05, 3.63) is 57.3 Å². The monoisotopic (exact) mass is 525 g/mol. The summed E-state index contributed by atoms with van der Waals surface area (Å²) in [6, 6.07) is 5.77. The molecule has 1 aromatic carbocycles. The average Bonchev–Trinajstić information content (AvgIpc) is 3.29. The number of methoxy groups -OCH3 is 1. The van der Waals surface area contributed by atoms with Crippen molar-refractivity contribution < 1.29 is 23.9 Å². The number of benzene rings is 1. The normalized spacial score (nSPS) is 19.9. The van der Waals surface area contributed by atoms with Crippen molar-refractivity contribution in [1.29, 1.82) is 0 Å². The number of carbonyl (C=O) groups excluding carboxylic acids is 3. The Morgan fingerprint density at radius 1 is 1.14 bits per heavy atom. The van der Waals surface area contributed by atoms with Gasteiger partial charge in [0.1, 0.15) is 0 Å². The predicted molar refractivity (Wildman–Crippen MR) is 143 cm³/mol. The van der Waals surface area contributed by atoms with Gasteiger partial charge < -0.3 is 19.3 Å². The highest BCUT2D eigenvalue weighted by Crippen LogP contribution is 2.46. The maximum absolute atomic E-state index is 13.4. The van der Waals surface area contributed by atoms with Crippen LogP contribution >= 0.6 is 11.8 Å². The molecule has 0 aliphatic carbocycles. The number of ether oxygens (including phenoxy) is 2. The highest BCUT2D eigenvalue weighted by molar-refractivity contribution is 8.16. The Morgan fingerprint density at radius 3 is 2.49 bits per heavy atom. The van der Waals surface area contributed by atoms with Gasteiger partial charge in [0.25, 0.3) is 0 Å². The highest BCUT2D eigenvalue weighted by atomic mass is 32.2. The van der Waals surface area contributed by atoms with Gasteiger partial charge in [-0.15, -0.1) is 0 Å². The molecule has 37 heavy (non-hydrogen) atoms. The van der Waals surface area contributed by atoms with Gasteiger partial charge in [-0.1, -0.05) is 42.4 Å². The molecule has 3 heterocycles. The lowest BCUT2D eigenvalue weighted by Gasteiger charge is -2.38. The molecule has 1 saturated heterocycles. The maximum Gasteiger partial charge on any atom is 0.338 e. The molecule has 8 nitrogen and oxygen atoms in total. The predicted octanol–water partition coefficient (Wildman–Crippen LogP) is 4.63. The van der Waals surface area contributed by atoms with Crippen molar-refractivity contribution in [3.63, 3.8) is 0 Å². The summed E-state index contributed by atoms with van der Waals surface area (Å²) in [5.74, 6) is -0.739. The van der Waals surface area contributed by atoms with Crippen molar-refractivity contribution in [2.45, 2.75) is 59.4 Å².